The smallest absolute Gasteiger partial charge is 0.242 e. The van der Waals surface area contributed by atoms with Crippen molar-refractivity contribution in [3.63, 3.8) is 0 Å². The second-order valence-corrected chi connectivity index (χ2v) is 8.93. The summed E-state index contributed by atoms with van der Waals surface area (Å²) in [5, 5.41) is 2.65. The van der Waals surface area contributed by atoms with E-state index in [1.54, 1.807) is 37.3 Å². The van der Waals surface area contributed by atoms with Crippen LogP contribution in [0.25, 0.3) is 0 Å². The van der Waals surface area contributed by atoms with Gasteiger partial charge in [-0.2, -0.15) is 4.72 Å². The fourth-order valence-electron chi connectivity index (χ4n) is 3.12. The van der Waals surface area contributed by atoms with E-state index in [1.165, 1.54) is 24.3 Å². The zero-order valence-corrected chi connectivity index (χ0v) is 18.7. The van der Waals surface area contributed by atoms with E-state index >= 15 is 0 Å². The first-order valence-electron chi connectivity index (χ1n) is 10.1. The average molecular weight is 457 g/mol. The van der Waals surface area contributed by atoms with Gasteiger partial charge in [0.1, 0.15) is 17.6 Å². The molecule has 1 amide bonds. The Bertz CT molecular complexity index is 1170. The summed E-state index contributed by atoms with van der Waals surface area (Å²) in [5.74, 6) is -0.538. The fraction of sp³-hybridized carbons (Fsp3) is 0.208. The van der Waals surface area contributed by atoms with Crippen molar-refractivity contribution < 1.29 is 22.3 Å². The van der Waals surface area contributed by atoms with Crippen LogP contribution in [0.2, 0.25) is 0 Å². The highest BCUT2D eigenvalue weighted by molar-refractivity contribution is 7.89. The van der Waals surface area contributed by atoms with Crippen molar-refractivity contribution in [3.05, 3.63) is 89.7 Å². The van der Waals surface area contributed by atoms with Crippen LogP contribution in [-0.4, -0.2) is 27.0 Å². The summed E-state index contributed by atoms with van der Waals surface area (Å²) >= 11 is 0. The number of carbonyl (C=O) groups is 1. The SMILES string of the molecule is CCOc1ccc(S(=O)(=O)N[C@H](Cc2ccccc2)C(=O)Nc2cc(F)ccc2C)cc1. The molecule has 0 bridgehead atoms. The highest BCUT2D eigenvalue weighted by Gasteiger charge is 2.26. The molecule has 0 fully saturated rings. The monoisotopic (exact) mass is 456 g/mol. The van der Waals surface area contributed by atoms with E-state index in [2.05, 4.69) is 10.0 Å². The van der Waals surface area contributed by atoms with E-state index in [1.807, 2.05) is 25.1 Å². The number of halogens is 1. The van der Waals surface area contributed by atoms with Crippen LogP contribution in [0.3, 0.4) is 0 Å². The molecule has 0 unspecified atom stereocenters. The van der Waals surface area contributed by atoms with Gasteiger partial charge in [-0.15, -0.1) is 0 Å². The van der Waals surface area contributed by atoms with Crippen molar-refractivity contribution in [3.8, 4) is 5.75 Å². The number of amides is 1. The lowest BCUT2D eigenvalue weighted by Gasteiger charge is -2.20. The number of benzene rings is 3. The molecule has 168 valence electrons. The largest absolute Gasteiger partial charge is 0.494 e. The quantitative estimate of drug-likeness (QED) is 0.509. The van der Waals surface area contributed by atoms with Gasteiger partial charge in [-0.1, -0.05) is 36.4 Å². The Kier molecular flexibility index (Phi) is 7.61. The van der Waals surface area contributed by atoms with Crippen molar-refractivity contribution >= 4 is 21.6 Å². The summed E-state index contributed by atoms with van der Waals surface area (Å²) in [6.45, 7) is 4.02. The average Bonchev–Trinajstić information content (AvgIpc) is 2.77. The van der Waals surface area contributed by atoms with Crippen LogP contribution in [0.15, 0.2) is 77.7 Å². The zero-order chi connectivity index (χ0) is 23.1. The van der Waals surface area contributed by atoms with Gasteiger partial charge in [0.05, 0.1) is 11.5 Å². The number of hydrogen-bond donors (Lipinski definition) is 2. The third-order valence-corrected chi connectivity index (χ3v) is 6.29. The molecule has 0 saturated carbocycles. The van der Waals surface area contributed by atoms with E-state index in [-0.39, 0.29) is 17.0 Å². The van der Waals surface area contributed by atoms with Gasteiger partial charge in [-0.25, -0.2) is 12.8 Å². The number of carbonyl (C=O) groups excluding carboxylic acids is 1. The van der Waals surface area contributed by atoms with Crippen LogP contribution in [0.5, 0.6) is 5.75 Å². The van der Waals surface area contributed by atoms with E-state index in [0.29, 0.717) is 17.9 Å². The van der Waals surface area contributed by atoms with Crippen LogP contribution in [-0.2, 0) is 21.2 Å². The Hall–Kier alpha value is -3.23. The number of sulfonamides is 1. The van der Waals surface area contributed by atoms with Crippen molar-refractivity contribution in [1.82, 2.24) is 4.72 Å². The number of aryl methyl sites for hydroxylation is 1. The summed E-state index contributed by atoms with van der Waals surface area (Å²) in [6, 6.07) is 17.9. The molecule has 0 aliphatic rings. The molecular formula is C24H25FN2O4S. The van der Waals surface area contributed by atoms with Crippen LogP contribution < -0.4 is 14.8 Å². The molecule has 0 spiro atoms. The second-order valence-electron chi connectivity index (χ2n) is 7.22. The van der Waals surface area contributed by atoms with Gasteiger partial charge in [0.25, 0.3) is 0 Å². The standard InChI is InChI=1S/C24H25FN2O4S/c1-3-31-20-11-13-21(14-12-20)32(29,30)27-23(15-18-7-5-4-6-8-18)24(28)26-22-16-19(25)10-9-17(22)2/h4-14,16,23,27H,3,15H2,1-2H3,(H,26,28)/t23-/m1/s1. The highest BCUT2D eigenvalue weighted by Crippen LogP contribution is 2.19. The molecule has 0 aliphatic carbocycles. The minimum atomic E-state index is -4.01. The van der Waals surface area contributed by atoms with E-state index < -0.39 is 27.8 Å². The Labute approximate surface area is 187 Å². The van der Waals surface area contributed by atoms with Gasteiger partial charge in [-0.05, 0) is 67.8 Å². The third-order valence-electron chi connectivity index (χ3n) is 4.80. The topological polar surface area (TPSA) is 84.5 Å². The number of anilines is 1. The van der Waals surface area contributed by atoms with Crippen molar-refractivity contribution in [1.29, 1.82) is 0 Å². The maximum Gasteiger partial charge on any atom is 0.242 e. The molecular weight excluding hydrogens is 431 g/mol. The van der Waals surface area contributed by atoms with Gasteiger partial charge in [0.15, 0.2) is 0 Å². The van der Waals surface area contributed by atoms with Crippen molar-refractivity contribution in [2.45, 2.75) is 31.2 Å². The number of nitrogens with one attached hydrogen (secondary N) is 2. The second kappa shape index (κ2) is 10.4. The van der Waals surface area contributed by atoms with Crippen LogP contribution >= 0.6 is 0 Å². The molecule has 3 aromatic carbocycles. The first-order valence-corrected chi connectivity index (χ1v) is 11.6. The van der Waals surface area contributed by atoms with Gasteiger partial charge in [0, 0.05) is 5.69 Å². The van der Waals surface area contributed by atoms with Crippen molar-refractivity contribution in [2.24, 2.45) is 0 Å². The summed E-state index contributed by atoms with van der Waals surface area (Å²) in [7, 11) is -4.01. The molecule has 8 heteroatoms. The molecule has 32 heavy (non-hydrogen) atoms. The third kappa shape index (κ3) is 6.15. The Morgan fingerprint density at radius 2 is 1.72 bits per heavy atom. The lowest BCUT2D eigenvalue weighted by Crippen LogP contribution is -2.45. The summed E-state index contributed by atoms with van der Waals surface area (Å²) in [4.78, 5) is 13.1. The summed E-state index contributed by atoms with van der Waals surface area (Å²) in [5.41, 5.74) is 1.72. The molecule has 1 atom stereocenters. The minimum Gasteiger partial charge on any atom is -0.494 e. The number of rotatable bonds is 9. The predicted octanol–water partition coefficient (Wildman–Crippen LogP) is 4.06. The normalized spacial score (nSPS) is 12.2. The first kappa shape index (κ1) is 23.4. The van der Waals surface area contributed by atoms with Gasteiger partial charge < -0.3 is 10.1 Å². The Balaban J connectivity index is 1.86. The molecule has 0 radical (unpaired) electrons. The summed E-state index contributed by atoms with van der Waals surface area (Å²) in [6.07, 6.45) is 0.122. The first-order chi connectivity index (χ1) is 15.3. The minimum absolute atomic E-state index is 0.00810. The van der Waals surface area contributed by atoms with Crippen LogP contribution in [0, 0.1) is 12.7 Å². The number of ether oxygens (including phenoxy) is 1. The Morgan fingerprint density at radius 3 is 2.38 bits per heavy atom. The van der Waals surface area contributed by atoms with Crippen LogP contribution in [0.4, 0.5) is 10.1 Å². The molecule has 0 heterocycles. The predicted molar refractivity (Wildman–Crippen MR) is 122 cm³/mol. The van der Waals surface area contributed by atoms with Gasteiger partial charge in [-0.3, -0.25) is 4.79 Å². The Morgan fingerprint density at radius 1 is 1.03 bits per heavy atom. The van der Waals surface area contributed by atoms with Crippen molar-refractivity contribution in [2.75, 3.05) is 11.9 Å². The van der Waals surface area contributed by atoms with E-state index in [0.717, 1.165) is 5.56 Å². The maximum absolute atomic E-state index is 13.7. The molecule has 3 rings (SSSR count). The maximum atomic E-state index is 13.7. The lowest BCUT2D eigenvalue weighted by atomic mass is 10.1. The molecule has 0 aromatic heterocycles. The van der Waals surface area contributed by atoms with Gasteiger partial charge >= 0.3 is 0 Å². The van der Waals surface area contributed by atoms with Gasteiger partial charge in [0.2, 0.25) is 15.9 Å². The summed E-state index contributed by atoms with van der Waals surface area (Å²) < 4.78 is 47.5. The fourth-order valence-corrected chi connectivity index (χ4v) is 4.32. The van der Waals surface area contributed by atoms with E-state index in [9.17, 15) is 17.6 Å². The van der Waals surface area contributed by atoms with E-state index in [4.69, 9.17) is 4.74 Å². The molecule has 0 saturated heterocycles. The van der Waals surface area contributed by atoms with Crippen LogP contribution in [0.1, 0.15) is 18.1 Å². The molecule has 2 N–H and O–H groups in total. The molecule has 6 nitrogen and oxygen atoms in total. The highest BCUT2D eigenvalue weighted by atomic mass is 32.2. The lowest BCUT2D eigenvalue weighted by molar-refractivity contribution is -0.117. The molecule has 0 aliphatic heterocycles. The molecule has 3 aromatic rings. The zero-order valence-electron chi connectivity index (χ0n) is 17.8. The number of hydrogen-bond acceptors (Lipinski definition) is 4.